The van der Waals surface area contributed by atoms with Gasteiger partial charge >= 0.3 is 10.4 Å². The van der Waals surface area contributed by atoms with Crippen LogP contribution in [0.1, 0.15) is 5.56 Å². The Morgan fingerprint density at radius 2 is 1.93 bits per heavy atom. The lowest BCUT2D eigenvalue weighted by molar-refractivity contribution is 0.380. The summed E-state index contributed by atoms with van der Waals surface area (Å²) in [6.07, 6.45) is 0. The van der Waals surface area contributed by atoms with Crippen molar-refractivity contribution in [3.05, 3.63) is 11.6 Å². The molecule has 0 spiro atoms. The summed E-state index contributed by atoms with van der Waals surface area (Å²) in [4.78, 5) is 0. The van der Waals surface area contributed by atoms with Crippen molar-refractivity contribution in [3.63, 3.8) is 0 Å². The van der Waals surface area contributed by atoms with E-state index in [1.54, 1.807) is 0 Å². The molecule has 1 aromatic carbocycles. The van der Waals surface area contributed by atoms with Crippen molar-refractivity contribution in [2.75, 3.05) is 11.5 Å². The summed E-state index contributed by atoms with van der Waals surface area (Å²) in [6.45, 7) is -0.862. The Bertz CT molecular complexity index is 528. The molecule has 0 saturated carbocycles. The average molecular weight is 234 g/mol. The molecule has 15 heavy (non-hydrogen) atoms. The number of fused-ring (bicyclic) bond motifs is 2. The molecule has 82 valence electrons. The minimum atomic E-state index is -4.18. The van der Waals surface area contributed by atoms with Crippen LogP contribution in [-0.4, -0.2) is 8.42 Å². The second-order valence-corrected chi connectivity index (χ2v) is 4.05. The van der Waals surface area contributed by atoms with E-state index in [9.17, 15) is 12.8 Å². The number of benzene rings is 1. The highest BCUT2D eigenvalue weighted by atomic mass is 32.3. The van der Waals surface area contributed by atoms with Crippen molar-refractivity contribution in [2.24, 2.45) is 0 Å². The van der Waals surface area contributed by atoms with Crippen LogP contribution in [0.3, 0.4) is 0 Å². The molecule has 1 aliphatic rings. The van der Waals surface area contributed by atoms with Crippen molar-refractivity contribution in [2.45, 2.75) is 6.67 Å². The summed E-state index contributed by atoms with van der Waals surface area (Å²) in [5, 5.41) is 0. The van der Waals surface area contributed by atoms with Crippen LogP contribution in [0.4, 0.5) is 15.8 Å². The maximum Gasteiger partial charge on any atom is 0.501 e. The molecule has 0 radical (unpaired) electrons. The Hall–Kier alpha value is -1.70. The van der Waals surface area contributed by atoms with Crippen LogP contribution in [0.15, 0.2) is 6.07 Å². The van der Waals surface area contributed by atoms with Gasteiger partial charge < -0.3 is 19.8 Å². The zero-order chi connectivity index (χ0) is 11.2. The summed E-state index contributed by atoms with van der Waals surface area (Å²) < 4.78 is 43.3. The minimum Gasteiger partial charge on any atom is -0.395 e. The third kappa shape index (κ3) is 1.42. The highest BCUT2D eigenvalue weighted by molar-refractivity contribution is 7.82. The Morgan fingerprint density at radius 1 is 1.27 bits per heavy atom. The van der Waals surface area contributed by atoms with Crippen molar-refractivity contribution in [3.8, 4) is 11.5 Å². The van der Waals surface area contributed by atoms with Gasteiger partial charge in [-0.05, 0) is 6.07 Å². The van der Waals surface area contributed by atoms with Gasteiger partial charge in [-0.2, -0.15) is 0 Å². The molecule has 1 aliphatic heterocycles. The van der Waals surface area contributed by atoms with E-state index >= 15 is 0 Å². The number of anilines is 2. The first-order valence-electron chi connectivity index (χ1n) is 3.85. The predicted molar refractivity (Wildman–Crippen MR) is 50.3 cm³/mol. The zero-order valence-corrected chi connectivity index (χ0v) is 8.17. The second kappa shape index (κ2) is 2.89. The molecule has 0 atom stereocenters. The fraction of sp³-hybridized carbons (Fsp3) is 0.143. The summed E-state index contributed by atoms with van der Waals surface area (Å²) in [6, 6.07) is 1.13. The van der Waals surface area contributed by atoms with Gasteiger partial charge in [-0.3, -0.25) is 0 Å². The van der Waals surface area contributed by atoms with Crippen LogP contribution < -0.4 is 19.8 Å². The smallest absolute Gasteiger partial charge is 0.395 e. The van der Waals surface area contributed by atoms with Gasteiger partial charge in [-0.25, -0.2) is 4.39 Å². The molecule has 0 saturated heterocycles. The fourth-order valence-corrected chi connectivity index (χ4v) is 1.99. The highest BCUT2D eigenvalue weighted by Gasteiger charge is 2.30. The maximum absolute atomic E-state index is 12.4. The molecule has 2 bridgehead atoms. The number of hydrogen-bond acceptors (Lipinski definition) is 6. The lowest BCUT2D eigenvalue weighted by atomic mass is 10.1. The standard InChI is InChI=1S/C7H7FN2O4S/c8-2-3-1-4-6(10)7(5(3)9)14-15(11,12)13-4/h1H,2,9-10H2. The molecule has 0 aliphatic carbocycles. The number of rotatable bonds is 1. The van der Waals surface area contributed by atoms with Gasteiger partial charge in [0.05, 0.1) is 5.69 Å². The summed E-state index contributed by atoms with van der Waals surface area (Å²) in [7, 11) is -4.18. The number of alkyl halides is 1. The molecule has 1 heterocycles. The zero-order valence-electron chi connectivity index (χ0n) is 7.36. The predicted octanol–water partition coefficient (Wildman–Crippen LogP) is 0.337. The number of nitrogen functional groups attached to an aromatic ring is 2. The topological polar surface area (TPSA) is 105 Å². The SMILES string of the molecule is Nc1c(CF)cc2c(N)c1OS(=O)(=O)O2. The molecule has 8 heteroatoms. The monoisotopic (exact) mass is 234 g/mol. The van der Waals surface area contributed by atoms with E-state index in [1.807, 2.05) is 0 Å². The second-order valence-electron chi connectivity index (χ2n) is 2.90. The third-order valence-electron chi connectivity index (χ3n) is 1.93. The van der Waals surface area contributed by atoms with Gasteiger partial charge in [0.2, 0.25) is 0 Å². The van der Waals surface area contributed by atoms with E-state index in [2.05, 4.69) is 8.37 Å². The van der Waals surface area contributed by atoms with Gasteiger partial charge in [-0.15, -0.1) is 8.42 Å². The summed E-state index contributed by atoms with van der Waals surface area (Å²) >= 11 is 0. The van der Waals surface area contributed by atoms with Gasteiger partial charge in [0.1, 0.15) is 12.4 Å². The Morgan fingerprint density at radius 3 is 2.53 bits per heavy atom. The number of hydrogen-bond donors (Lipinski definition) is 2. The molecular formula is C7H7FN2O4S. The van der Waals surface area contributed by atoms with Crippen LogP contribution >= 0.6 is 0 Å². The third-order valence-corrected chi connectivity index (χ3v) is 2.68. The highest BCUT2D eigenvalue weighted by Crippen LogP contribution is 2.44. The van der Waals surface area contributed by atoms with Gasteiger partial charge in [-0.1, -0.05) is 0 Å². The van der Waals surface area contributed by atoms with E-state index in [4.69, 9.17) is 11.5 Å². The van der Waals surface area contributed by atoms with E-state index in [0.29, 0.717) is 0 Å². The first kappa shape index (κ1) is 9.84. The van der Waals surface area contributed by atoms with Crippen LogP contribution in [0.5, 0.6) is 11.5 Å². The molecule has 4 N–H and O–H groups in total. The first-order valence-corrected chi connectivity index (χ1v) is 5.18. The molecule has 1 aromatic rings. The molecule has 0 aromatic heterocycles. The van der Waals surface area contributed by atoms with Crippen LogP contribution in [0.2, 0.25) is 0 Å². The largest absolute Gasteiger partial charge is 0.501 e. The van der Waals surface area contributed by atoms with Crippen LogP contribution in [0, 0.1) is 0 Å². The Kier molecular flexibility index (Phi) is 1.90. The molecule has 0 fully saturated rings. The normalized spacial score (nSPS) is 16.6. The fourth-order valence-electron chi connectivity index (χ4n) is 1.21. The Labute approximate surface area is 84.9 Å². The Balaban J connectivity index is 2.71. The minimum absolute atomic E-state index is 0.0560. The van der Waals surface area contributed by atoms with Crippen molar-refractivity contribution in [1.82, 2.24) is 0 Å². The van der Waals surface area contributed by atoms with Crippen LogP contribution in [0.25, 0.3) is 0 Å². The number of nitrogens with two attached hydrogens (primary N) is 2. The summed E-state index contributed by atoms with van der Waals surface area (Å²) in [5.41, 5.74) is 10.8. The van der Waals surface area contributed by atoms with Crippen LogP contribution in [-0.2, 0) is 17.1 Å². The molecule has 2 rings (SSSR count). The lowest BCUT2D eigenvalue weighted by Gasteiger charge is -2.20. The molecule has 6 nitrogen and oxygen atoms in total. The van der Waals surface area contributed by atoms with E-state index in [1.165, 1.54) is 0 Å². The summed E-state index contributed by atoms with van der Waals surface area (Å²) in [5.74, 6) is -0.440. The lowest BCUT2D eigenvalue weighted by Crippen LogP contribution is -2.23. The van der Waals surface area contributed by atoms with Gasteiger partial charge in [0.15, 0.2) is 11.5 Å². The number of halogens is 1. The molecular weight excluding hydrogens is 227 g/mol. The van der Waals surface area contributed by atoms with Gasteiger partial charge in [0.25, 0.3) is 0 Å². The molecule has 0 unspecified atom stereocenters. The quantitative estimate of drug-likeness (QED) is 0.679. The van der Waals surface area contributed by atoms with Crippen molar-refractivity contribution in [1.29, 1.82) is 0 Å². The van der Waals surface area contributed by atoms with E-state index < -0.39 is 17.1 Å². The molecule has 0 amide bonds. The van der Waals surface area contributed by atoms with Crippen molar-refractivity contribution >= 4 is 21.8 Å². The van der Waals surface area contributed by atoms with Crippen molar-refractivity contribution < 1.29 is 21.2 Å². The van der Waals surface area contributed by atoms with E-state index in [0.717, 1.165) is 6.07 Å². The first-order chi connectivity index (χ1) is 6.94. The maximum atomic E-state index is 12.4. The average Bonchev–Trinajstić information content (AvgIpc) is 2.15. The van der Waals surface area contributed by atoms with E-state index in [-0.39, 0.29) is 28.4 Å². The van der Waals surface area contributed by atoms with Gasteiger partial charge in [0, 0.05) is 5.56 Å².